The summed E-state index contributed by atoms with van der Waals surface area (Å²) >= 11 is 3.59. The summed E-state index contributed by atoms with van der Waals surface area (Å²) in [6.07, 6.45) is 7.01. The van der Waals surface area contributed by atoms with E-state index >= 15 is 0 Å². The van der Waals surface area contributed by atoms with Gasteiger partial charge in [-0.15, -0.1) is 0 Å². The van der Waals surface area contributed by atoms with Gasteiger partial charge in [0.05, 0.1) is 4.47 Å². The van der Waals surface area contributed by atoms with Crippen LogP contribution in [0.15, 0.2) is 10.7 Å². The average Bonchev–Trinajstić information content (AvgIpc) is 3.00. The van der Waals surface area contributed by atoms with E-state index in [-0.39, 0.29) is 0 Å². The second-order valence-electron chi connectivity index (χ2n) is 5.28. The smallest absolute Gasteiger partial charge is 0.224 e. The normalized spacial score (nSPS) is 25.8. The Labute approximate surface area is 116 Å². The van der Waals surface area contributed by atoms with Crippen LogP contribution >= 0.6 is 15.9 Å². The van der Waals surface area contributed by atoms with Crippen molar-refractivity contribution in [3.8, 4) is 0 Å². The van der Waals surface area contributed by atoms with Gasteiger partial charge in [0.1, 0.15) is 5.82 Å². The molecular weight excluding hydrogens is 292 g/mol. The van der Waals surface area contributed by atoms with E-state index < -0.39 is 0 Å². The topological polar surface area (TPSA) is 41.1 Å². The van der Waals surface area contributed by atoms with Gasteiger partial charge in [-0.3, -0.25) is 0 Å². The molecule has 1 saturated carbocycles. The van der Waals surface area contributed by atoms with Crippen LogP contribution in [0, 0.1) is 5.92 Å². The molecule has 1 aromatic heterocycles. The van der Waals surface area contributed by atoms with Crippen LogP contribution in [0.2, 0.25) is 0 Å². The monoisotopic (exact) mass is 310 g/mol. The van der Waals surface area contributed by atoms with Crippen LogP contribution in [-0.4, -0.2) is 29.1 Å². The molecule has 1 N–H and O–H groups in total. The first-order valence-electron chi connectivity index (χ1n) is 6.81. The third kappa shape index (κ3) is 2.20. The summed E-state index contributed by atoms with van der Waals surface area (Å²) in [4.78, 5) is 11.4. The summed E-state index contributed by atoms with van der Waals surface area (Å²) in [5.41, 5.74) is 0. The Morgan fingerprint density at radius 1 is 1.50 bits per heavy atom. The molecule has 0 radical (unpaired) electrons. The van der Waals surface area contributed by atoms with Crippen molar-refractivity contribution in [3.05, 3.63) is 10.7 Å². The van der Waals surface area contributed by atoms with Gasteiger partial charge in [0.25, 0.3) is 0 Å². The minimum Gasteiger partial charge on any atom is -0.354 e. The van der Waals surface area contributed by atoms with E-state index in [0.717, 1.165) is 41.7 Å². The highest BCUT2D eigenvalue weighted by Gasteiger charge is 2.39. The molecule has 0 amide bonds. The molecule has 0 spiro atoms. The van der Waals surface area contributed by atoms with E-state index in [1.54, 1.807) is 0 Å². The lowest BCUT2D eigenvalue weighted by Gasteiger charge is -2.28. The summed E-state index contributed by atoms with van der Waals surface area (Å²) in [6.45, 7) is 4.23. The standard InChI is InChI=1S/C13H19BrN4/c1-2-5-15-13-16-7-11(14)12(17-13)18-8-9-3-4-10(18)6-9/h7,9-10H,2-6,8H2,1H3,(H,15,16,17). The molecular formula is C13H19BrN4. The number of nitrogens with zero attached hydrogens (tertiary/aromatic N) is 3. The van der Waals surface area contributed by atoms with E-state index in [4.69, 9.17) is 0 Å². The fraction of sp³-hybridized carbons (Fsp3) is 0.692. The van der Waals surface area contributed by atoms with Crippen molar-refractivity contribution in [3.63, 3.8) is 0 Å². The fourth-order valence-electron chi connectivity index (χ4n) is 3.07. The number of hydrogen-bond donors (Lipinski definition) is 1. The Kier molecular flexibility index (Phi) is 3.41. The van der Waals surface area contributed by atoms with Gasteiger partial charge in [-0.05, 0) is 47.5 Å². The Balaban J connectivity index is 1.82. The highest BCUT2D eigenvalue weighted by molar-refractivity contribution is 9.10. The quantitative estimate of drug-likeness (QED) is 0.928. The maximum atomic E-state index is 4.67. The molecule has 18 heavy (non-hydrogen) atoms. The van der Waals surface area contributed by atoms with Gasteiger partial charge in [-0.1, -0.05) is 6.92 Å². The Hall–Kier alpha value is -0.840. The maximum absolute atomic E-state index is 4.67. The predicted molar refractivity (Wildman–Crippen MR) is 77.0 cm³/mol. The van der Waals surface area contributed by atoms with Crippen LogP contribution in [-0.2, 0) is 0 Å². The Morgan fingerprint density at radius 2 is 2.39 bits per heavy atom. The van der Waals surface area contributed by atoms with Crippen LogP contribution in [0.5, 0.6) is 0 Å². The molecule has 1 saturated heterocycles. The molecule has 1 aliphatic carbocycles. The fourth-order valence-corrected chi connectivity index (χ4v) is 3.48. The zero-order chi connectivity index (χ0) is 12.5. The predicted octanol–water partition coefficient (Wildman–Crippen LogP) is 3.05. The van der Waals surface area contributed by atoms with Crippen molar-refractivity contribution in [2.75, 3.05) is 23.3 Å². The van der Waals surface area contributed by atoms with E-state index in [0.29, 0.717) is 6.04 Å². The number of aromatic nitrogens is 2. The van der Waals surface area contributed by atoms with Crippen molar-refractivity contribution in [1.82, 2.24) is 9.97 Å². The summed E-state index contributed by atoms with van der Waals surface area (Å²) in [5, 5.41) is 3.26. The first-order valence-corrected chi connectivity index (χ1v) is 7.60. The Bertz CT molecular complexity index is 437. The first kappa shape index (κ1) is 12.2. The average molecular weight is 311 g/mol. The van der Waals surface area contributed by atoms with E-state index in [2.05, 4.69) is 43.0 Å². The van der Waals surface area contributed by atoms with E-state index in [1.807, 2.05) is 6.20 Å². The molecule has 1 aromatic rings. The van der Waals surface area contributed by atoms with Gasteiger partial charge < -0.3 is 10.2 Å². The van der Waals surface area contributed by atoms with E-state index in [9.17, 15) is 0 Å². The molecule has 2 aliphatic rings. The number of hydrogen-bond acceptors (Lipinski definition) is 4. The largest absolute Gasteiger partial charge is 0.354 e. The molecule has 98 valence electrons. The maximum Gasteiger partial charge on any atom is 0.224 e. The molecule has 1 aliphatic heterocycles. The van der Waals surface area contributed by atoms with Crippen molar-refractivity contribution in [1.29, 1.82) is 0 Å². The highest BCUT2D eigenvalue weighted by atomic mass is 79.9. The number of nitrogens with one attached hydrogen (secondary N) is 1. The number of piperidine rings is 1. The zero-order valence-corrected chi connectivity index (χ0v) is 12.3. The number of fused-ring (bicyclic) bond motifs is 2. The van der Waals surface area contributed by atoms with Gasteiger partial charge in [-0.2, -0.15) is 4.98 Å². The van der Waals surface area contributed by atoms with Crippen molar-refractivity contribution < 1.29 is 0 Å². The Morgan fingerprint density at radius 3 is 3.06 bits per heavy atom. The third-order valence-corrected chi connectivity index (χ3v) is 4.50. The number of anilines is 2. The van der Waals surface area contributed by atoms with Crippen LogP contribution in [0.3, 0.4) is 0 Å². The minimum atomic E-state index is 0.695. The molecule has 4 nitrogen and oxygen atoms in total. The molecule has 5 heteroatoms. The summed E-state index contributed by atoms with van der Waals surface area (Å²) in [6, 6.07) is 0.695. The zero-order valence-electron chi connectivity index (χ0n) is 10.7. The van der Waals surface area contributed by atoms with Gasteiger partial charge in [0.15, 0.2) is 0 Å². The van der Waals surface area contributed by atoms with Crippen molar-refractivity contribution in [2.45, 2.75) is 38.6 Å². The van der Waals surface area contributed by atoms with Crippen molar-refractivity contribution in [2.24, 2.45) is 5.92 Å². The second-order valence-corrected chi connectivity index (χ2v) is 6.13. The van der Waals surface area contributed by atoms with Crippen LogP contribution in [0.25, 0.3) is 0 Å². The van der Waals surface area contributed by atoms with Gasteiger partial charge >= 0.3 is 0 Å². The summed E-state index contributed by atoms with van der Waals surface area (Å²) in [7, 11) is 0. The van der Waals surface area contributed by atoms with Crippen LogP contribution in [0.4, 0.5) is 11.8 Å². The molecule has 0 aromatic carbocycles. The second kappa shape index (κ2) is 5.03. The van der Waals surface area contributed by atoms with E-state index in [1.165, 1.54) is 19.3 Å². The lowest BCUT2D eigenvalue weighted by Crippen LogP contribution is -2.33. The lowest BCUT2D eigenvalue weighted by molar-refractivity contribution is 0.549. The summed E-state index contributed by atoms with van der Waals surface area (Å²) in [5.74, 6) is 2.69. The number of halogens is 1. The van der Waals surface area contributed by atoms with Crippen molar-refractivity contribution >= 4 is 27.7 Å². The molecule has 2 atom stereocenters. The molecule has 2 fully saturated rings. The first-order chi connectivity index (χ1) is 8.78. The van der Waals surface area contributed by atoms with Crippen LogP contribution < -0.4 is 10.2 Å². The van der Waals surface area contributed by atoms with Gasteiger partial charge in [0.2, 0.25) is 5.95 Å². The molecule has 2 bridgehead atoms. The lowest BCUT2D eigenvalue weighted by atomic mass is 10.1. The van der Waals surface area contributed by atoms with Gasteiger partial charge in [-0.25, -0.2) is 4.98 Å². The SMILES string of the molecule is CCCNc1ncc(Br)c(N2CC3CCC2C3)n1. The molecule has 3 rings (SSSR count). The van der Waals surface area contributed by atoms with Crippen LogP contribution in [0.1, 0.15) is 32.6 Å². The summed E-state index contributed by atoms with van der Waals surface area (Å²) < 4.78 is 1.01. The minimum absolute atomic E-state index is 0.695. The number of rotatable bonds is 4. The highest BCUT2D eigenvalue weighted by Crippen LogP contribution is 2.41. The molecule has 2 heterocycles. The van der Waals surface area contributed by atoms with Gasteiger partial charge in [0, 0.05) is 25.3 Å². The third-order valence-electron chi connectivity index (χ3n) is 3.94. The molecule has 2 unspecified atom stereocenters.